The summed E-state index contributed by atoms with van der Waals surface area (Å²) in [7, 11) is 0. The Bertz CT molecular complexity index is 2140. The van der Waals surface area contributed by atoms with Crippen LogP contribution in [0.4, 0.5) is 0 Å². The Morgan fingerprint density at radius 1 is 0.421 bits per heavy atom. The molecule has 0 bridgehead atoms. The molecule has 0 radical (unpaired) electrons. The van der Waals surface area contributed by atoms with Crippen molar-refractivity contribution in [2.45, 2.75) is 6.92 Å². The Morgan fingerprint density at radius 3 is 1.66 bits per heavy atom. The van der Waals surface area contributed by atoms with Gasteiger partial charge in [-0.1, -0.05) is 109 Å². The maximum absolute atomic E-state index is 6.26. The number of para-hydroxylation sites is 1. The zero-order chi connectivity index (χ0) is 25.2. The average molecular weight is 485 g/mol. The van der Waals surface area contributed by atoms with Crippen molar-refractivity contribution in [3.05, 3.63) is 133 Å². The van der Waals surface area contributed by atoms with Gasteiger partial charge in [0.05, 0.1) is 0 Å². The Labute approximate surface area is 220 Å². The van der Waals surface area contributed by atoms with Gasteiger partial charge in [-0.05, 0) is 85.3 Å². The molecule has 1 heteroatoms. The lowest BCUT2D eigenvalue weighted by atomic mass is 9.85. The molecule has 0 atom stereocenters. The summed E-state index contributed by atoms with van der Waals surface area (Å²) in [5.74, 6) is 0. The van der Waals surface area contributed by atoms with Crippen LogP contribution in [0.25, 0.3) is 76.5 Å². The lowest BCUT2D eigenvalue weighted by Crippen LogP contribution is -1.91. The van der Waals surface area contributed by atoms with E-state index in [4.69, 9.17) is 4.42 Å². The second-order valence-corrected chi connectivity index (χ2v) is 10.2. The fourth-order valence-corrected chi connectivity index (χ4v) is 6.19. The summed E-state index contributed by atoms with van der Waals surface area (Å²) in [6.07, 6.45) is 0. The van der Waals surface area contributed by atoms with E-state index in [0.29, 0.717) is 0 Å². The van der Waals surface area contributed by atoms with Gasteiger partial charge < -0.3 is 4.42 Å². The Kier molecular flexibility index (Phi) is 4.50. The molecule has 178 valence electrons. The highest BCUT2D eigenvalue weighted by Crippen LogP contribution is 2.45. The van der Waals surface area contributed by atoms with Crippen molar-refractivity contribution in [3.63, 3.8) is 0 Å². The monoisotopic (exact) mass is 484 g/mol. The normalized spacial score (nSPS) is 11.8. The van der Waals surface area contributed by atoms with E-state index in [9.17, 15) is 0 Å². The minimum atomic E-state index is 0.930. The predicted octanol–water partition coefficient (Wildman–Crippen LogP) is 10.7. The molecule has 8 aromatic rings. The van der Waals surface area contributed by atoms with E-state index in [1.807, 2.05) is 0 Å². The van der Waals surface area contributed by atoms with Gasteiger partial charge in [-0.2, -0.15) is 0 Å². The summed E-state index contributed by atoms with van der Waals surface area (Å²) in [5, 5.41) is 9.91. The van der Waals surface area contributed by atoms with Crippen molar-refractivity contribution in [2.75, 3.05) is 0 Å². The smallest absolute Gasteiger partial charge is 0.138 e. The van der Waals surface area contributed by atoms with Crippen LogP contribution in [0.1, 0.15) is 5.56 Å². The molecule has 0 aliphatic heterocycles. The molecule has 8 rings (SSSR count). The third kappa shape index (κ3) is 3.06. The maximum atomic E-state index is 6.26. The fraction of sp³-hybridized carbons (Fsp3) is 0.0270. The van der Waals surface area contributed by atoms with Crippen LogP contribution in [0.15, 0.2) is 132 Å². The van der Waals surface area contributed by atoms with E-state index in [-0.39, 0.29) is 0 Å². The summed E-state index contributed by atoms with van der Waals surface area (Å²) in [6.45, 7) is 2.11. The van der Waals surface area contributed by atoms with Crippen molar-refractivity contribution in [1.29, 1.82) is 0 Å². The van der Waals surface area contributed by atoms with Crippen LogP contribution in [0, 0.1) is 6.92 Å². The van der Waals surface area contributed by atoms with Crippen molar-refractivity contribution in [2.24, 2.45) is 0 Å². The van der Waals surface area contributed by atoms with Gasteiger partial charge in [-0.15, -0.1) is 0 Å². The first-order valence-corrected chi connectivity index (χ1v) is 13.1. The summed E-state index contributed by atoms with van der Waals surface area (Å²) in [5.41, 5.74) is 8.07. The van der Waals surface area contributed by atoms with E-state index >= 15 is 0 Å². The topological polar surface area (TPSA) is 13.1 Å². The van der Waals surface area contributed by atoms with E-state index in [0.717, 1.165) is 22.1 Å². The van der Waals surface area contributed by atoms with Crippen molar-refractivity contribution >= 4 is 54.3 Å². The van der Waals surface area contributed by atoms with Crippen molar-refractivity contribution in [3.8, 4) is 22.3 Å². The number of furan rings is 1. The highest BCUT2D eigenvalue weighted by atomic mass is 16.3. The van der Waals surface area contributed by atoms with Crippen molar-refractivity contribution < 1.29 is 4.42 Å². The molecule has 7 aromatic carbocycles. The van der Waals surface area contributed by atoms with Gasteiger partial charge in [0.15, 0.2) is 0 Å². The molecule has 1 nitrogen and oxygen atoms in total. The predicted molar refractivity (Wildman–Crippen MR) is 162 cm³/mol. The van der Waals surface area contributed by atoms with Gasteiger partial charge >= 0.3 is 0 Å². The lowest BCUT2D eigenvalue weighted by molar-refractivity contribution is 0.666. The number of benzene rings is 7. The molecule has 0 N–H and O–H groups in total. The standard InChI is InChI=1S/C37H24O/c1-23-9-8-16-32-33-22-27(19-20-34(33)38-37(23)32)36-30-14-6-4-12-28(30)35(29-13-5-7-15-31(29)36)26-18-17-24-10-2-3-11-25(24)21-26/h2-22H,1H3. The summed E-state index contributed by atoms with van der Waals surface area (Å²) < 4.78 is 6.26. The SMILES string of the molecule is Cc1cccc2c1oc1ccc(-c3c4ccccc4c(-c4ccc5ccccc5c4)c4ccccc34)cc12. The summed E-state index contributed by atoms with van der Waals surface area (Å²) in [6, 6.07) is 46.1. The number of hydrogen-bond acceptors (Lipinski definition) is 1. The van der Waals surface area contributed by atoms with E-state index in [1.165, 1.54) is 60.0 Å². The van der Waals surface area contributed by atoms with E-state index < -0.39 is 0 Å². The minimum absolute atomic E-state index is 0.930. The molecule has 0 aliphatic carbocycles. The summed E-state index contributed by atoms with van der Waals surface area (Å²) >= 11 is 0. The minimum Gasteiger partial charge on any atom is -0.456 e. The molecular weight excluding hydrogens is 460 g/mol. The Morgan fingerprint density at radius 2 is 0.974 bits per heavy atom. The van der Waals surface area contributed by atoms with Crippen LogP contribution < -0.4 is 0 Å². The first-order chi connectivity index (χ1) is 18.8. The molecule has 0 unspecified atom stereocenters. The number of fused-ring (bicyclic) bond motifs is 6. The van der Waals surface area contributed by atoms with Crippen LogP contribution in [-0.4, -0.2) is 0 Å². The highest BCUT2D eigenvalue weighted by molar-refractivity contribution is 6.22. The zero-order valence-corrected chi connectivity index (χ0v) is 21.0. The van der Waals surface area contributed by atoms with E-state index in [2.05, 4.69) is 134 Å². The second kappa shape index (κ2) is 8.06. The number of hydrogen-bond donors (Lipinski definition) is 0. The maximum Gasteiger partial charge on any atom is 0.138 e. The second-order valence-electron chi connectivity index (χ2n) is 10.2. The molecule has 38 heavy (non-hydrogen) atoms. The molecule has 0 spiro atoms. The van der Waals surface area contributed by atoms with Crippen LogP contribution in [0.5, 0.6) is 0 Å². The largest absolute Gasteiger partial charge is 0.456 e. The van der Waals surface area contributed by atoms with Crippen LogP contribution in [-0.2, 0) is 0 Å². The van der Waals surface area contributed by atoms with Gasteiger partial charge in [0, 0.05) is 10.8 Å². The molecule has 0 aliphatic rings. The number of aryl methyl sites for hydroxylation is 1. The molecule has 1 heterocycles. The third-order valence-electron chi connectivity index (χ3n) is 7.95. The fourth-order valence-electron chi connectivity index (χ4n) is 6.19. The molecular formula is C37H24O. The van der Waals surface area contributed by atoms with Crippen molar-refractivity contribution in [1.82, 2.24) is 0 Å². The van der Waals surface area contributed by atoms with Crippen LogP contribution >= 0.6 is 0 Å². The number of rotatable bonds is 2. The lowest BCUT2D eigenvalue weighted by Gasteiger charge is -2.18. The Balaban J connectivity index is 1.48. The molecule has 0 saturated carbocycles. The summed E-state index contributed by atoms with van der Waals surface area (Å²) in [4.78, 5) is 0. The van der Waals surface area contributed by atoms with E-state index in [1.54, 1.807) is 0 Å². The van der Waals surface area contributed by atoms with Gasteiger partial charge in [-0.25, -0.2) is 0 Å². The van der Waals surface area contributed by atoms with Gasteiger partial charge in [0.2, 0.25) is 0 Å². The zero-order valence-electron chi connectivity index (χ0n) is 21.0. The third-order valence-corrected chi connectivity index (χ3v) is 7.95. The van der Waals surface area contributed by atoms with Gasteiger partial charge in [-0.3, -0.25) is 0 Å². The highest BCUT2D eigenvalue weighted by Gasteiger charge is 2.18. The van der Waals surface area contributed by atoms with Gasteiger partial charge in [0.25, 0.3) is 0 Å². The van der Waals surface area contributed by atoms with Crippen LogP contribution in [0.2, 0.25) is 0 Å². The first kappa shape index (κ1) is 21.2. The van der Waals surface area contributed by atoms with Crippen LogP contribution in [0.3, 0.4) is 0 Å². The quantitative estimate of drug-likeness (QED) is 0.222. The molecule has 0 amide bonds. The molecule has 0 saturated heterocycles. The molecule has 0 fully saturated rings. The average Bonchev–Trinajstić information content (AvgIpc) is 3.35. The van der Waals surface area contributed by atoms with Gasteiger partial charge in [0.1, 0.15) is 11.2 Å². The Hall–Kier alpha value is -4.88. The molecule has 1 aromatic heterocycles. The first-order valence-electron chi connectivity index (χ1n) is 13.1.